The summed E-state index contributed by atoms with van der Waals surface area (Å²) in [5.41, 5.74) is 1.70. The average Bonchev–Trinajstić information content (AvgIpc) is 2.28. The van der Waals surface area contributed by atoms with Gasteiger partial charge in [0.15, 0.2) is 0 Å². The lowest BCUT2D eigenvalue weighted by atomic mass is 9.90. The van der Waals surface area contributed by atoms with Crippen LogP contribution >= 0.6 is 15.9 Å². The first-order valence-electron chi connectivity index (χ1n) is 6.31. The van der Waals surface area contributed by atoms with Gasteiger partial charge in [0, 0.05) is 22.6 Å². The van der Waals surface area contributed by atoms with Crippen LogP contribution in [0, 0.1) is 6.92 Å². The van der Waals surface area contributed by atoms with Crippen molar-refractivity contribution >= 4 is 21.8 Å². The van der Waals surface area contributed by atoms with E-state index in [0.29, 0.717) is 12.6 Å². The monoisotopic (exact) mass is 311 g/mol. The number of aliphatic hydroxyl groups is 1. The second-order valence-corrected chi connectivity index (χ2v) is 5.68. The topological polar surface area (TPSA) is 40.5 Å². The van der Waals surface area contributed by atoms with Gasteiger partial charge < -0.3 is 10.0 Å². The predicted octanol–water partition coefficient (Wildman–Crippen LogP) is 2.74. The lowest BCUT2D eigenvalue weighted by Gasteiger charge is -2.37. The second-order valence-electron chi connectivity index (χ2n) is 4.77. The molecule has 0 radical (unpaired) electrons. The Labute approximate surface area is 116 Å². The molecule has 0 saturated heterocycles. The molecule has 3 nitrogen and oxygen atoms in total. The molecule has 0 atom stereocenters. The largest absolute Gasteiger partial charge is 0.395 e. The molecule has 0 bridgehead atoms. The first kappa shape index (κ1) is 13.6. The third-order valence-electron chi connectivity index (χ3n) is 3.55. The quantitative estimate of drug-likeness (QED) is 0.929. The van der Waals surface area contributed by atoms with Gasteiger partial charge >= 0.3 is 0 Å². The van der Waals surface area contributed by atoms with Gasteiger partial charge in [-0.3, -0.25) is 4.79 Å². The maximum Gasteiger partial charge on any atom is 0.254 e. The van der Waals surface area contributed by atoms with E-state index in [1.165, 1.54) is 6.42 Å². The molecule has 2 rings (SSSR count). The van der Waals surface area contributed by atoms with Crippen molar-refractivity contribution in [2.45, 2.75) is 32.2 Å². The molecule has 1 N–H and O–H groups in total. The maximum atomic E-state index is 12.5. The van der Waals surface area contributed by atoms with Crippen LogP contribution in [0.3, 0.4) is 0 Å². The number of nitrogens with zero attached hydrogens (tertiary/aromatic N) is 1. The zero-order valence-electron chi connectivity index (χ0n) is 10.5. The van der Waals surface area contributed by atoms with Gasteiger partial charge in [0.05, 0.1) is 6.61 Å². The minimum atomic E-state index is 0.0231. The van der Waals surface area contributed by atoms with Gasteiger partial charge in [-0.15, -0.1) is 0 Å². The minimum absolute atomic E-state index is 0.0231. The Morgan fingerprint density at radius 3 is 2.78 bits per heavy atom. The van der Waals surface area contributed by atoms with Crippen molar-refractivity contribution in [2.75, 3.05) is 13.2 Å². The molecule has 1 aliphatic carbocycles. The third-order valence-corrected chi connectivity index (χ3v) is 4.04. The number of hydrogen-bond acceptors (Lipinski definition) is 2. The van der Waals surface area contributed by atoms with Crippen molar-refractivity contribution in [1.82, 2.24) is 4.90 Å². The Bertz CT molecular complexity index is 443. The van der Waals surface area contributed by atoms with E-state index in [1.807, 2.05) is 30.0 Å². The lowest BCUT2D eigenvalue weighted by Crippen LogP contribution is -2.45. The molecule has 0 heterocycles. The molecule has 0 unspecified atom stereocenters. The van der Waals surface area contributed by atoms with Crippen LogP contribution in [0.4, 0.5) is 0 Å². The molecule has 1 amide bonds. The molecular formula is C14H18BrNO2. The van der Waals surface area contributed by atoms with Crippen LogP contribution in [0.2, 0.25) is 0 Å². The Morgan fingerprint density at radius 1 is 1.50 bits per heavy atom. The van der Waals surface area contributed by atoms with E-state index in [4.69, 9.17) is 5.11 Å². The first-order valence-corrected chi connectivity index (χ1v) is 7.10. The smallest absolute Gasteiger partial charge is 0.254 e. The third kappa shape index (κ3) is 2.75. The summed E-state index contributed by atoms with van der Waals surface area (Å²) in [4.78, 5) is 14.4. The number of benzene rings is 1. The Hall–Kier alpha value is -0.870. The number of rotatable bonds is 4. The highest BCUT2D eigenvalue weighted by molar-refractivity contribution is 9.10. The Kier molecular flexibility index (Phi) is 4.40. The van der Waals surface area contributed by atoms with E-state index in [1.54, 1.807) is 0 Å². The molecule has 1 saturated carbocycles. The average molecular weight is 312 g/mol. The molecule has 0 spiro atoms. The number of hydrogen-bond donors (Lipinski definition) is 1. The van der Waals surface area contributed by atoms with Crippen molar-refractivity contribution in [3.05, 3.63) is 33.8 Å². The molecule has 1 aromatic carbocycles. The lowest BCUT2D eigenvalue weighted by molar-refractivity contribution is 0.0525. The number of amides is 1. The van der Waals surface area contributed by atoms with Crippen molar-refractivity contribution in [3.63, 3.8) is 0 Å². The van der Waals surface area contributed by atoms with Crippen LogP contribution in [0.1, 0.15) is 35.2 Å². The summed E-state index contributed by atoms with van der Waals surface area (Å²) in [6.45, 7) is 2.39. The van der Waals surface area contributed by atoms with Gasteiger partial charge in [-0.25, -0.2) is 0 Å². The normalized spacial score (nSPS) is 15.3. The Morgan fingerprint density at radius 2 is 2.22 bits per heavy atom. The van der Waals surface area contributed by atoms with Crippen LogP contribution in [-0.2, 0) is 0 Å². The summed E-state index contributed by atoms with van der Waals surface area (Å²) in [5.74, 6) is 0.0348. The standard InChI is InChI=1S/C14H18BrNO2/c1-10-5-6-11(15)9-13(10)14(18)16(7-8-17)12-3-2-4-12/h5-6,9,12,17H,2-4,7-8H2,1H3. The van der Waals surface area contributed by atoms with Crippen LogP contribution < -0.4 is 0 Å². The number of aliphatic hydroxyl groups excluding tert-OH is 1. The Balaban J connectivity index is 2.23. The number of carbonyl (C=O) groups excluding carboxylic acids is 1. The van der Waals surface area contributed by atoms with Gasteiger partial charge in [-0.05, 0) is 43.9 Å². The first-order chi connectivity index (χ1) is 8.63. The van der Waals surface area contributed by atoms with Crippen LogP contribution in [0.15, 0.2) is 22.7 Å². The summed E-state index contributed by atoms with van der Waals surface area (Å²) in [7, 11) is 0. The molecule has 0 aromatic heterocycles. The molecule has 18 heavy (non-hydrogen) atoms. The van der Waals surface area contributed by atoms with E-state index in [2.05, 4.69) is 15.9 Å². The summed E-state index contributed by atoms with van der Waals surface area (Å²) >= 11 is 3.40. The van der Waals surface area contributed by atoms with E-state index in [0.717, 1.165) is 28.4 Å². The summed E-state index contributed by atoms with van der Waals surface area (Å²) in [6, 6.07) is 6.05. The van der Waals surface area contributed by atoms with Crippen molar-refractivity contribution in [1.29, 1.82) is 0 Å². The fourth-order valence-electron chi connectivity index (χ4n) is 2.24. The maximum absolute atomic E-state index is 12.5. The van der Waals surface area contributed by atoms with Gasteiger partial charge in [0.2, 0.25) is 0 Å². The molecular weight excluding hydrogens is 294 g/mol. The van der Waals surface area contributed by atoms with Gasteiger partial charge in [-0.1, -0.05) is 22.0 Å². The summed E-state index contributed by atoms with van der Waals surface area (Å²) in [5, 5.41) is 9.12. The number of carbonyl (C=O) groups is 1. The zero-order valence-corrected chi connectivity index (χ0v) is 12.1. The molecule has 1 fully saturated rings. The van der Waals surface area contributed by atoms with Crippen molar-refractivity contribution in [2.24, 2.45) is 0 Å². The second kappa shape index (κ2) is 5.85. The summed E-state index contributed by atoms with van der Waals surface area (Å²) < 4.78 is 0.911. The molecule has 4 heteroatoms. The van der Waals surface area contributed by atoms with Crippen molar-refractivity contribution < 1.29 is 9.90 Å². The highest BCUT2D eigenvalue weighted by Gasteiger charge is 2.29. The molecule has 1 aliphatic rings. The molecule has 98 valence electrons. The number of halogens is 1. The van der Waals surface area contributed by atoms with Crippen LogP contribution in [-0.4, -0.2) is 35.1 Å². The zero-order chi connectivity index (χ0) is 13.1. The van der Waals surface area contributed by atoms with Gasteiger partial charge in [0.25, 0.3) is 5.91 Å². The van der Waals surface area contributed by atoms with E-state index >= 15 is 0 Å². The van der Waals surface area contributed by atoms with Crippen LogP contribution in [0.25, 0.3) is 0 Å². The summed E-state index contributed by atoms with van der Waals surface area (Å²) in [6.07, 6.45) is 3.29. The minimum Gasteiger partial charge on any atom is -0.395 e. The van der Waals surface area contributed by atoms with Gasteiger partial charge in [0.1, 0.15) is 0 Å². The van der Waals surface area contributed by atoms with E-state index < -0.39 is 0 Å². The SMILES string of the molecule is Cc1ccc(Br)cc1C(=O)N(CCO)C1CCC1. The van der Waals surface area contributed by atoms with E-state index in [-0.39, 0.29) is 12.5 Å². The van der Waals surface area contributed by atoms with Crippen molar-refractivity contribution in [3.8, 4) is 0 Å². The van der Waals surface area contributed by atoms with Gasteiger partial charge in [-0.2, -0.15) is 0 Å². The van der Waals surface area contributed by atoms with Crippen LogP contribution in [0.5, 0.6) is 0 Å². The molecule has 1 aromatic rings. The fraction of sp³-hybridized carbons (Fsp3) is 0.500. The number of aryl methyl sites for hydroxylation is 1. The predicted molar refractivity (Wildman–Crippen MR) is 74.6 cm³/mol. The highest BCUT2D eigenvalue weighted by atomic mass is 79.9. The fourth-order valence-corrected chi connectivity index (χ4v) is 2.60. The highest BCUT2D eigenvalue weighted by Crippen LogP contribution is 2.27. The molecule has 0 aliphatic heterocycles. The van der Waals surface area contributed by atoms with E-state index in [9.17, 15) is 4.79 Å².